The number of nitrogens with one attached hydrogen (secondary N) is 3. The molecule has 0 unspecified atom stereocenters. The minimum Gasteiger partial charge on any atom is -0.456 e. The monoisotopic (exact) mass is 479 g/mol. The number of allylic oxidation sites excluding steroid dienone is 1. The summed E-state index contributed by atoms with van der Waals surface area (Å²) in [5.74, 6) is 1.32. The van der Waals surface area contributed by atoms with E-state index in [2.05, 4.69) is 39.5 Å². The van der Waals surface area contributed by atoms with E-state index in [4.69, 9.17) is 10.1 Å². The highest BCUT2D eigenvalue weighted by Crippen LogP contribution is 2.34. The van der Waals surface area contributed by atoms with Crippen molar-refractivity contribution in [2.24, 2.45) is 5.41 Å². The van der Waals surface area contributed by atoms with Crippen LogP contribution in [0.5, 0.6) is 11.5 Å². The average Bonchev–Trinajstić information content (AvgIpc) is 2.86. The molecule has 3 amide bonds. The normalized spacial score (nSPS) is 15.7. The Bertz CT molecular complexity index is 1050. The molecule has 0 spiro atoms. The molecule has 1 saturated heterocycles. The summed E-state index contributed by atoms with van der Waals surface area (Å²) in [6, 6.07) is 6.20. The van der Waals surface area contributed by atoms with E-state index < -0.39 is 6.03 Å². The van der Waals surface area contributed by atoms with E-state index in [0.717, 1.165) is 37.3 Å². The van der Waals surface area contributed by atoms with Crippen LogP contribution in [0.1, 0.15) is 31.9 Å². The molecule has 3 heterocycles. The van der Waals surface area contributed by atoms with E-state index in [-0.39, 0.29) is 5.41 Å². The number of aromatic nitrogens is 2. The fraction of sp³-hybridized carbons (Fsp3) is 0.400. The number of piperidine rings is 1. The van der Waals surface area contributed by atoms with Gasteiger partial charge in [0, 0.05) is 43.8 Å². The minimum atomic E-state index is -0.507. The highest BCUT2D eigenvalue weighted by Gasteiger charge is 2.29. The van der Waals surface area contributed by atoms with Gasteiger partial charge in [-0.15, -0.1) is 0 Å². The summed E-state index contributed by atoms with van der Waals surface area (Å²) in [5, 5.41) is 13.1. The zero-order chi connectivity index (χ0) is 25.3. The highest BCUT2D eigenvalue weighted by molar-refractivity contribution is 6.07. The van der Waals surface area contributed by atoms with Crippen molar-refractivity contribution in [2.45, 2.75) is 26.2 Å². The summed E-state index contributed by atoms with van der Waals surface area (Å²) in [6.45, 7) is 4.63. The Morgan fingerprint density at radius 3 is 2.66 bits per heavy atom. The van der Waals surface area contributed by atoms with E-state index >= 15 is 0 Å². The molecule has 0 aromatic carbocycles. The van der Waals surface area contributed by atoms with Crippen LogP contribution in [0.4, 0.5) is 10.6 Å². The van der Waals surface area contributed by atoms with Crippen molar-refractivity contribution in [1.82, 2.24) is 25.1 Å². The molecule has 0 aliphatic carbocycles. The Balaban J connectivity index is 1.56. The molecule has 35 heavy (non-hydrogen) atoms. The standard InChI is InChI=1S/C25H33N7O3/c1-25(7-11-31(3)12-8-25)9-13-32(18-33)24(34)30-23-5-4-21(17-29-23)35-20-6-10-28-22(14-20)19(15-26)16-27-2/h4-6,10,14-18,26-27H,7-9,11-13H2,1-3H3,(H,29,30,34)/b19-16+,26-15?. The van der Waals surface area contributed by atoms with E-state index in [0.29, 0.717) is 41.5 Å². The molecular formula is C25H33N7O3. The summed E-state index contributed by atoms with van der Waals surface area (Å²) in [7, 11) is 3.86. The van der Waals surface area contributed by atoms with Gasteiger partial charge in [-0.25, -0.2) is 9.78 Å². The second-order valence-corrected chi connectivity index (χ2v) is 8.98. The first-order valence-electron chi connectivity index (χ1n) is 11.6. The number of urea groups is 1. The zero-order valence-corrected chi connectivity index (χ0v) is 20.5. The molecule has 0 saturated carbocycles. The van der Waals surface area contributed by atoms with Crippen LogP contribution in [0.2, 0.25) is 0 Å². The van der Waals surface area contributed by atoms with Crippen molar-refractivity contribution in [1.29, 1.82) is 5.41 Å². The van der Waals surface area contributed by atoms with E-state index in [1.807, 2.05) is 0 Å². The predicted octanol–water partition coefficient (Wildman–Crippen LogP) is 3.59. The fourth-order valence-corrected chi connectivity index (χ4v) is 3.81. The Hall–Kier alpha value is -3.79. The molecule has 0 bridgehead atoms. The molecule has 3 rings (SSSR count). The topological polar surface area (TPSA) is 124 Å². The van der Waals surface area contributed by atoms with Crippen molar-refractivity contribution in [3.63, 3.8) is 0 Å². The first-order chi connectivity index (χ1) is 16.9. The van der Waals surface area contributed by atoms with Gasteiger partial charge in [0.1, 0.15) is 17.3 Å². The number of amides is 3. The maximum atomic E-state index is 12.6. The number of nitrogens with zero attached hydrogens (tertiary/aromatic N) is 4. The maximum Gasteiger partial charge on any atom is 0.329 e. The summed E-state index contributed by atoms with van der Waals surface area (Å²) >= 11 is 0. The van der Waals surface area contributed by atoms with E-state index in [9.17, 15) is 9.59 Å². The van der Waals surface area contributed by atoms with Gasteiger partial charge in [-0.3, -0.25) is 20.0 Å². The second-order valence-electron chi connectivity index (χ2n) is 8.98. The van der Waals surface area contributed by atoms with Gasteiger partial charge in [0.25, 0.3) is 0 Å². The second kappa shape index (κ2) is 12.1. The SMILES string of the molecule is CN/C=C(\C=N)c1cc(Oc2ccc(NC(=O)N(C=O)CCC3(C)CCN(C)CC3)nc2)ccn1. The lowest BCUT2D eigenvalue weighted by atomic mass is 9.77. The first-order valence-corrected chi connectivity index (χ1v) is 11.6. The van der Waals surface area contributed by atoms with Crippen LogP contribution in [0.25, 0.3) is 5.57 Å². The molecule has 186 valence electrons. The third-order valence-corrected chi connectivity index (χ3v) is 6.23. The van der Waals surface area contributed by atoms with Gasteiger partial charge in [0.15, 0.2) is 0 Å². The molecular weight excluding hydrogens is 446 g/mol. The van der Waals surface area contributed by atoms with Crippen molar-refractivity contribution in [3.05, 3.63) is 48.6 Å². The van der Waals surface area contributed by atoms with Crippen LogP contribution in [-0.2, 0) is 4.79 Å². The van der Waals surface area contributed by atoms with E-state index in [1.54, 1.807) is 43.7 Å². The largest absolute Gasteiger partial charge is 0.456 e. The molecule has 10 heteroatoms. The lowest BCUT2D eigenvalue weighted by Gasteiger charge is -2.38. The van der Waals surface area contributed by atoms with Gasteiger partial charge in [-0.2, -0.15) is 0 Å². The van der Waals surface area contributed by atoms with Crippen molar-refractivity contribution >= 4 is 30.0 Å². The molecule has 0 radical (unpaired) electrons. The maximum absolute atomic E-state index is 12.6. The smallest absolute Gasteiger partial charge is 0.329 e. The van der Waals surface area contributed by atoms with Crippen molar-refractivity contribution in [3.8, 4) is 11.5 Å². The molecule has 3 N–H and O–H groups in total. The van der Waals surface area contributed by atoms with Crippen molar-refractivity contribution < 1.29 is 14.3 Å². The molecule has 1 fully saturated rings. The summed E-state index contributed by atoms with van der Waals surface area (Å²) < 4.78 is 5.84. The number of pyridine rings is 2. The predicted molar refractivity (Wildman–Crippen MR) is 136 cm³/mol. The Kier molecular flexibility index (Phi) is 8.91. The van der Waals surface area contributed by atoms with Crippen LogP contribution < -0.4 is 15.4 Å². The number of carbonyl (C=O) groups excluding carboxylic acids is 2. The number of anilines is 1. The van der Waals surface area contributed by atoms with Gasteiger partial charge in [-0.1, -0.05) is 6.92 Å². The summed E-state index contributed by atoms with van der Waals surface area (Å²) in [6.07, 6.45) is 9.40. The molecule has 2 aromatic rings. The van der Waals surface area contributed by atoms with Gasteiger partial charge in [0.2, 0.25) is 6.41 Å². The Labute approximate surface area is 205 Å². The average molecular weight is 480 g/mol. The quantitative estimate of drug-likeness (QED) is 0.351. The number of rotatable bonds is 10. The van der Waals surface area contributed by atoms with E-state index in [1.165, 1.54) is 12.4 Å². The van der Waals surface area contributed by atoms with Gasteiger partial charge in [0.05, 0.1) is 11.9 Å². The number of likely N-dealkylation sites (tertiary alicyclic amines) is 1. The number of ether oxygens (including phenoxy) is 1. The number of hydrogen-bond donors (Lipinski definition) is 3. The van der Waals surface area contributed by atoms with Crippen molar-refractivity contribution in [2.75, 3.05) is 39.0 Å². The molecule has 1 aliphatic rings. The third kappa shape index (κ3) is 7.35. The molecule has 1 aliphatic heterocycles. The van der Waals surface area contributed by atoms with Crippen LogP contribution in [0.3, 0.4) is 0 Å². The molecule has 2 aromatic heterocycles. The Morgan fingerprint density at radius 1 is 1.26 bits per heavy atom. The van der Waals surface area contributed by atoms with Crippen LogP contribution in [-0.4, -0.2) is 72.2 Å². The van der Waals surface area contributed by atoms with Gasteiger partial charge >= 0.3 is 6.03 Å². The first kappa shape index (κ1) is 25.8. The summed E-state index contributed by atoms with van der Waals surface area (Å²) in [5.41, 5.74) is 1.32. The van der Waals surface area contributed by atoms with Crippen LogP contribution >= 0.6 is 0 Å². The number of imide groups is 1. The Morgan fingerprint density at radius 2 is 2.03 bits per heavy atom. The van der Waals surface area contributed by atoms with Gasteiger partial charge < -0.3 is 20.4 Å². The lowest BCUT2D eigenvalue weighted by Crippen LogP contribution is -2.40. The highest BCUT2D eigenvalue weighted by atomic mass is 16.5. The van der Waals surface area contributed by atoms with Gasteiger partial charge in [-0.05, 0) is 63.0 Å². The third-order valence-electron chi connectivity index (χ3n) is 6.23. The minimum absolute atomic E-state index is 0.125. The summed E-state index contributed by atoms with van der Waals surface area (Å²) in [4.78, 5) is 36.1. The van der Waals surface area contributed by atoms with Crippen LogP contribution in [0.15, 0.2) is 42.9 Å². The fourth-order valence-electron chi connectivity index (χ4n) is 3.81. The lowest BCUT2D eigenvalue weighted by molar-refractivity contribution is -0.115. The van der Waals surface area contributed by atoms with Crippen LogP contribution in [0, 0.1) is 10.8 Å². The molecule has 10 nitrogen and oxygen atoms in total. The number of carbonyl (C=O) groups is 2. The molecule has 0 atom stereocenters. The zero-order valence-electron chi connectivity index (χ0n) is 20.5. The number of hydrogen-bond acceptors (Lipinski definition) is 8.